The molecule has 0 spiro atoms. The van der Waals surface area contributed by atoms with Crippen molar-refractivity contribution in [3.05, 3.63) is 11.1 Å². The average Bonchev–Trinajstić information content (AvgIpc) is 2.16. The number of hydrogen-bond acceptors (Lipinski definition) is 3. The van der Waals surface area contributed by atoms with Crippen LogP contribution in [0.5, 0.6) is 0 Å². The van der Waals surface area contributed by atoms with Crippen LogP contribution in [0.15, 0.2) is 11.1 Å². The van der Waals surface area contributed by atoms with Crippen LogP contribution < -0.4 is 0 Å². The summed E-state index contributed by atoms with van der Waals surface area (Å²) >= 11 is 0. The molecule has 14 heavy (non-hydrogen) atoms. The molecule has 5 heteroatoms. The van der Waals surface area contributed by atoms with Crippen LogP contribution in [-0.4, -0.2) is 34.5 Å². The highest BCUT2D eigenvalue weighted by molar-refractivity contribution is 7.97. The molecule has 0 bridgehead atoms. The van der Waals surface area contributed by atoms with Crippen LogP contribution in [0.3, 0.4) is 0 Å². The summed E-state index contributed by atoms with van der Waals surface area (Å²) < 4.78 is 0. The molecule has 0 saturated heterocycles. The highest BCUT2D eigenvalue weighted by Gasteiger charge is 2.32. The van der Waals surface area contributed by atoms with Gasteiger partial charge in [-0.05, 0) is 18.4 Å². The van der Waals surface area contributed by atoms with Gasteiger partial charge in [0.25, 0.3) is 11.8 Å². The zero-order valence-corrected chi connectivity index (χ0v) is 8.64. The van der Waals surface area contributed by atoms with Gasteiger partial charge < -0.3 is 0 Å². The standard InChI is InChI=1S/C9H8N2O2S/c1-5-6(4-10)8(12)11(2)9(13)7(5)14-3/h3H2,1-2H3. The van der Waals surface area contributed by atoms with Crippen LogP contribution in [0.25, 0.3) is 0 Å². The molecule has 1 aliphatic heterocycles. The molecule has 72 valence electrons. The van der Waals surface area contributed by atoms with Gasteiger partial charge in [-0.1, -0.05) is 0 Å². The van der Waals surface area contributed by atoms with E-state index in [9.17, 15) is 9.59 Å². The average molecular weight is 208 g/mol. The minimum Gasteiger partial charge on any atom is -0.276 e. The summed E-state index contributed by atoms with van der Waals surface area (Å²) in [5.74, 6) is 2.57. The molecular weight excluding hydrogens is 200 g/mol. The molecule has 2 amide bonds. The molecule has 4 nitrogen and oxygen atoms in total. The summed E-state index contributed by atoms with van der Waals surface area (Å²) in [5, 5.41) is 8.74. The number of imide groups is 1. The van der Waals surface area contributed by atoms with Crippen molar-refractivity contribution in [2.75, 3.05) is 7.05 Å². The lowest BCUT2D eigenvalue weighted by Crippen LogP contribution is -2.43. The van der Waals surface area contributed by atoms with Crippen LogP contribution in [0.4, 0.5) is 0 Å². The number of likely N-dealkylation sites (N-methyl/N-ethyl adjacent to an activating group) is 1. The van der Waals surface area contributed by atoms with Crippen molar-refractivity contribution >= 4 is 33.5 Å². The van der Waals surface area contributed by atoms with E-state index in [-0.39, 0.29) is 5.57 Å². The van der Waals surface area contributed by atoms with Gasteiger partial charge in [-0.25, -0.2) is 0 Å². The van der Waals surface area contributed by atoms with Gasteiger partial charge >= 0.3 is 0 Å². The van der Waals surface area contributed by atoms with Crippen molar-refractivity contribution in [3.63, 3.8) is 0 Å². The largest absolute Gasteiger partial charge is 0.276 e. The highest BCUT2D eigenvalue weighted by atomic mass is 32.1. The van der Waals surface area contributed by atoms with Crippen LogP contribution in [0, 0.1) is 11.3 Å². The highest BCUT2D eigenvalue weighted by Crippen LogP contribution is 2.17. The maximum atomic E-state index is 11.5. The topological polar surface area (TPSA) is 61.2 Å². The molecular formula is C9H8N2O2S. The molecule has 1 aliphatic rings. The van der Waals surface area contributed by atoms with Crippen LogP contribution >= 0.6 is 10.9 Å². The quantitative estimate of drug-likeness (QED) is 0.421. The minimum atomic E-state index is -0.548. The molecule has 0 fully saturated rings. The third-order valence-electron chi connectivity index (χ3n) is 1.99. The molecule has 0 aromatic rings. The minimum absolute atomic E-state index is 0.0123. The van der Waals surface area contributed by atoms with Crippen molar-refractivity contribution in [2.24, 2.45) is 0 Å². The fourth-order valence-electron chi connectivity index (χ4n) is 1.15. The molecule has 0 aromatic heterocycles. The zero-order valence-electron chi connectivity index (χ0n) is 7.83. The molecule has 0 radical (unpaired) electrons. The summed E-state index contributed by atoms with van der Waals surface area (Å²) in [7, 11) is 2.35. The Morgan fingerprint density at radius 3 is 2.43 bits per heavy atom. The van der Waals surface area contributed by atoms with Gasteiger partial charge in [0, 0.05) is 7.05 Å². The first-order valence-corrected chi connectivity index (χ1v) is 4.75. The van der Waals surface area contributed by atoms with Crippen LogP contribution in [-0.2, 0) is 9.59 Å². The predicted octanol–water partition coefficient (Wildman–Crippen LogP) is 0.163. The third-order valence-corrected chi connectivity index (χ3v) is 2.76. The number of hydrogen-bond donors (Lipinski definition) is 0. The summed E-state index contributed by atoms with van der Waals surface area (Å²) in [6.45, 7) is 1.58. The summed E-state index contributed by atoms with van der Waals surface area (Å²) in [6.07, 6.45) is 0. The van der Waals surface area contributed by atoms with E-state index in [4.69, 9.17) is 5.26 Å². The second-order valence-electron chi connectivity index (χ2n) is 2.75. The second kappa shape index (κ2) is 3.60. The fraction of sp³-hybridized carbons (Fsp3) is 0.222. The molecule has 1 heterocycles. The van der Waals surface area contributed by atoms with Crippen molar-refractivity contribution in [1.29, 1.82) is 5.26 Å². The number of carbonyl (C=O) groups excluding carboxylic acids is 2. The van der Waals surface area contributed by atoms with E-state index < -0.39 is 11.8 Å². The fourth-order valence-corrected chi connectivity index (χ4v) is 1.73. The van der Waals surface area contributed by atoms with E-state index in [1.165, 1.54) is 7.05 Å². The lowest BCUT2D eigenvalue weighted by molar-refractivity contribution is -0.136. The normalized spacial score (nSPS) is 17.2. The number of nitrogens with zero attached hydrogens (tertiary/aromatic N) is 2. The van der Waals surface area contributed by atoms with Crippen LogP contribution in [0.1, 0.15) is 6.92 Å². The smallest absolute Gasteiger partial charge is 0.271 e. The maximum Gasteiger partial charge on any atom is 0.271 e. The Labute approximate surface area is 85.0 Å². The Kier molecular flexibility index (Phi) is 2.68. The van der Waals surface area contributed by atoms with Gasteiger partial charge in [0.2, 0.25) is 0 Å². The first-order valence-electron chi connectivity index (χ1n) is 3.77. The van der Waals surface area contributed by atoms with Gasteiger partial charge in [0.05, 0.1) is 4.86 Å². The van der Waals surface area contributed by atoms with Crippen molar-refractivity contribution < 1.29 is 9.59 Å². The Morgan fingerprint density at radius 2 is 2.00 bits per heavy atom. The molecule has 0 saturated carbocycles. The summed E-state index contributed by atoms with van der Waals surface area (Å²) in [4.78, 5) is 24.2. The van der Waals surface area contributed by atoms with Gasteiger partial charge in [0.1, 0.15) is 11.6 Å². The number of amides is 2. The molecule has 1 rings (SSSR count). The first-order chi connectivity index (χ1) is 6.54. The van der Waals surface area contributed by atoms with Gasteiger partial charge in [-0.2, -0.15) is 5.26 Å². The maximum absolute atomic E-state index is 11.5. The summed E-state index contributed by atoms with van der Waals surface area (Å²) in [5.41, 5.74) is 0.429. The van der Waals surface area contributed by atoms with E-state index in [1.807, 2.05) is 0 Å². The lowest BCUT2D eigenvalue weighted by atomic mass is 10.0. The molecule has 0 unspecified atom stereocenters. The predicted molar refractivity (Wildman–Crippen MR) is 55.8 cm³/mol. The lowest BCUT2D eigenvalue weighted by Gasteiger charge is -2.21. The van der Waals surface area contributed by atoms with Crippen molar-refractivity contribution in [1.82, 2.24) is 4.90 Å². The number of carbonyl (C=O) groups is 2. The monoisotopic (exact) mass is 208 g/mol. The molecule has 0 atom stereocenters. The third kappa shape index (κ3) is 1.30. The Morgan fingerprint density at radius 1 is 1.43 bits per heavy atom. The van der Waals surface area contributed by atoms with Crippen molar-refractivity contribution in [2.45, 2.75) is 6.92 Å². The van der Waals surface area contributed by atoms with Gasteiger partial charge in [-0.3, -0.25) is 14.5 Å². The first kappa shape index (κ1) is 10.4. The van der Waals surface area contributed by atoms with Gasteiger partial charge in [-0.15, -0.1) is 10.9 Å². The van der Waals surface area contributed by atoms with Crippen LogP contribution in [0.2, 0.25) is 0 Å². The van der Waals surface area contributed by atoms with Gasteiger partial charge in [0.15, 0.2) is 0 Å². The van der Waals surface area contributed by atoms with E-state index in [2.05, 4.69) is 5.87 Å². The molecule has 0 aromatic carbocycles. The zero-order chi connectivity index (χ0) is 10.9. The molecule has 0 aliphatic carbocycles. The van der Waals surface area contributed by atoms with E-state index >= 15 is 0 Å². The van der Waals surface area contributed by atoms with Crippen molar-refractivity contribution in [3.8, 4) is 6.07 Å². The number of rotatable bonds is 0. The van der Waals surface area contributed by atoms with E-state index in [0.717, 1.165) is 15.8 Å². The Hall–Kier alpha value is -1.67. The Balaban J connectivity index is 3.51. The summed E-state index contributed by atoms with van der Waals surface area (Å²) in [6, 6.07) is 1.79. The van der Waals surface area contributed by atoms with E-state index in [0.29, 0.717) is 10.4 Å². The number of nitriles is 1. The second-order valence-corrected chi connectivity index (χ2v) is 3.45. The SMILES string of the molecule is C=S=C1C(=O)N(C)C(=O)C(C#N)=C1C. The molecule has 0 N–H and O–H groups in total. The van der Waals surface area contributed by atoms with E-state index in [1.54, 1.807) is 13.0 Å². The Bertz CT molecular complexity index is 450.